The molecule has 35 heavy (non-hydrogen) atoms. The predicted octanol–water partition coefficient (Wildman–Crippen LogP) is 6.07. The fourth-order valence-corrected chi connectivity index (χ4v) is 5.06. The number of carbonyl (C=O) groups excluding carboxylic acids is 1. The zero-order valence-electron chi connectivity index (χ0n) is 20.0. The van der Waals surface area contributed by atoms with Crippen LogP contribution in [0.2, 0.25) is 0 Å². The van der Waals surface area contributed by atoms with Crippen LogP contribution >= 0.6 is 0 Å². The molecule has 4 bridgehead atoms. The minimum atomic E-state index is -0.592. The Kier molecular flexibility index (Phi) is 5.77. The van der Waals surface area contributed by atoms with Gasteiger partial charge in [0.25, 0.3) is 0 Å². The molecule has 2 aromatic carbocycles. The minimum absolute atomic E-state index is 0.0194. The molecule has 6 nitrogen and oxygen atoms in total. The van der Waals surface area contributed by atoms with E-state index < -0.39 is 28.7 Å². The van der Waals surface area contributed by atoms with Gasteiger partial charge >= 0.3 is 6.09 Å². The number of ether oxygens (including phenoxy) is 2. The second-order valence-corrected chi connectivity index (χ2v) is 10.4. The van der Waals surface area contributed by atoms with Gasteiger partial charge in [0.15, 0.2) is 11.6 Å². The lowest BCUT2D eigenvalue weighted by molar-refractivity contribution is 0.0503. The highest BCUT2D eigenvalue weighted by Gasteiger charge is 2.45. The number of carbonyl (C=O) groups is 1. The average Bonchev–Trinajstić information content (AvgIpc) is 3.40. The fraction of sp³-hybridized carbons (Fsp3) is 0.407. The molecule has 1 aromatic heterocycles. The first-order chi connectivity index (χ1) is 16.6. The predicted molar refractivity (Wildman–Crippen MR) is 125 cm³/mol. The zero-order chi connectivity index (χ0) is 24.8. The Hall–Kier alpha value is -3.42. The van der Waals surface area contributed by atoms with Crippen LogP contribution in [0, 0.1) is 11.6 Å². The maximum atomic E-state index is 14.9. The van der Waals surface area contributed by atoms with E-state index in [4.69, 9.17) is 13.9 Å². The molecule has 0 saturated heterocycles. The summed E-state index contributed by atoms with van der Waals surface area (Å²) in [7, 11) is 0. The number of alkyl carbamates (subject to hydrolysis) is 1. The number of benzene rings is 2. The highest BCUT2D eigenvalue weighted by molar-refractivity contribution is 5.72. The Morgan fingerprint density at radius 3 is 2.80 bits per heavy atom. The molecule has 0 unspecified atom stereocenters. The van der Waals surface area contributed by atoms with Crippen LogP contribution in [0.3, 0.4) is 0 Å². The molecule has 1 saturated carbocycles. The van der Waals surface area contributed by atoms with E-state index >= 15 is 0 Å². The largest absolute Gasteiger partial charge is 0.483 e. The zero-order valence-corrected chi connectivity index (χ0v) is 20.0. The number of para-hydroxylation sites is 1. The van der Waals surface area contributed by atoms with Crippen molar-refractivity contribution in [1.29, 1.82) is 0 Å². The lowest BCUT2D eigenvalue weighted by atomic mass is 9.79. The number of amides is 1. The van der Waals surface area contributed by atoms with Crippen molar-refractivity contribution >= 4 is 6.09 Å². The van der Waals surface area contributed by atoms with Gasteiger partial charge in [-0.15, -0.1) is 0 Å². The Morgan fingerprint density at radius 2 is 2.00 bits per heavy atom. The van der Waals surface area contributed by atoms with Gasteiger partial charge in [-0.1, -0.05) is 18.2 Å². The van der Waals surface area contributed by atoms with E-state index in [9.17, 15) is 13.6 Å². The maximum Gasteiger partial charge on any atom is 0.407 e. The van der Waals surface area contributed by atoms with Crippen LogP contribution in [0.15, 0.2) is 47.1 Å². The summed E-state index contributed by atoms with van der Waals surface area (Å²) < 4.78 is 46.7. The molecule has 5 rings (SSSR count). The summed E-state index contributed by atoms with van der Waals surface area (Å²) >= 11 is 0. The van der Waals surface area contributed by atoms with Gasteiger partial charge in [0.05, 0.1) is 5.41 Å². The monoisotopic (exact) mass is 482 g/mol. The molecule has 2 heterocycles. The first kappa shape index (κ1) is 23.3. The van der Waals surface area contributed by atoms with E-state index in [0.29, 0.717) is 36.4 Å². The normalized spacial score (nSPS) is 21.5. The summed E-state index contributed by atoms with van der Waals surface area (Å²) in [6.45, 7) is 5.45. The van der Waals surface area contributed by atoms with Crippen molar-refractivity contribution in [2.24, 2.45) is 0 Å². The van der Waals surface area contributed by atoms with Crippen molar-refractivity contribution in [2.75, 3.05) is 0 Å². The van der Waals surface area contributed by atoms with Gasteiger partial charge in [0, 0.05) is 17.2 Å². The molecule has 2 aliphatic rings. The van der Waals surface area contributed by atoms with E-state index in [1.54, 1.807) is 18.2 Å². The van der Waals surface area contributed by atoms with E-state index in [-0.39, 0.29) is 24.0 Å². The Labute approximate surface area is 202 Å². The van der Waals surface area contributed by atoms with Crippen LogP contribution < -0.4 is 10.1 Å². The number of oxazole rings is 1. The summed E-state index contributed by atoms with van der Waals surface area (Å²) in [6, 6.07) is 9.20. The van der Waals surface area contributed by atoms with Crippen LogP contribution in [0.4, 0.5) is 13.6 Å². The van der Waals surface area contributed by atoms with E-state index in [0.717, 1.165) is 12.0 Å². The minimum Gasteiger partial charge on any atom is -0.483 e. The molecule has 1 aliphatic heterocycles. The molecule has 8 heteroatoms. The average molecular weight is 483 g/mol. The second kappa shape index (κ2) is 8.66. The lowest BCUT2D eigenvalue weighted by Gasteiger charge is -2.27. The number of nitrogens with one attached hydrogen (secondary N) is 1. The van der Waals surface area contributed by atoms with Gasteiger partial charge in [0.2, 0.25) is 5.89 Å². The third kappa shape index (κ3) is 4.74. The van der Waals surface area contributed by atoms with Gasteiger partial charge < -0.3 is 19.2 Å². The molecule has 1 spiro atoms. The summed E-state index contributed by atoms with van der Waals surface area (Å²) in [4.78, 5) is 17.1. The van der Waals surface area contributed by atoms with Gasteiger partial charge in [-0.3, -0.25) is 0 Å². The molecule has 1 fully saturated rings. The molecule has 1 N–H and O–H groups in total. The SMILES string of the molecule is CC(C)(C)OC(=O)N[C@H]1CC[C@@]2(Cc3ccc(F)c(c3)-c3cccc(F)c3OCc3coc2n3)C1. The van der Waals surface area contributed by atoms with Crippen LogP contribution in [0.1, 0.15) is 57.2 Å². The molecule has 1 aliphatic carbocycles. The van der Waals surface area contributed by atoms with Gasteiger partial charge in [-0.05, 0) is 70.2 Å². The topological polar surface area (TPSA) is 73.6 Å². The number of hydrogen-bond donors (Lipinski definition) is 1. The van der Waals surface area contributed by atoms with Crippen molar-refractivity contribution in [2.45, 2.75) is 70.1 Å². The Bertz CT molecular complexity index is 1270. The van der Waals surface area contributed by atoms with Crippen molar-refractivity contribution in [3.05, 3.63) is 71.4 Å². The van der Waals surface area contributed by atoms with Gasteiger partial charge in [-0.2, -0.15) is 0 Å². The van der Waals surface area contributed by atoms with Crippen molar-refractivity contribution in [3.63, 3.8) is 0 Å². The van der Waals surface area contributed by atoms with Crippen LogP contribution in [-0.4, -0.2) is 22.7 Å². The first-order valence-electron chi connectivity index (χ1n) is 11.8. The third-order valence-electron chi connectivity index (χ3n) is 6.53. The molecule has 2 atom stereocenters. The lowest BCUT2D eigenvalue weighted by Crippen LogP contribution is -2.39. The maximum absolute atomic E-state index is 14.9. The fourth-order valence-electron chi connectivity index (χ4n) is 5.06. The highest BCUT2D eigenvalue weighted by atomic mass is 19.1. The van der Waals surface area contributed by atoms with Crippen LogP contribution in [0.5, 0.6) is 5.75 Å². The van der Waals surface area contributed by atoms with Gasteiger partial charge in [0.1, 0.15) is 30.0 Å². The van der Waals surface area contributed by atoms with Crippen molar-refractivity contribution in [1.82, 2.24) is 10.3 Å². The number of rotatable bonds is 1. The Morgan fingerprint density at radius 1 is 1.17 bits per heavy atom. The molecular weight excluding hydrogens is 454 g/mol. The number of hydrogen-bond acceptors (Lipinski definition) is 5. The summed E-state index contributed by atoms with van der Waals surface area (Å²) in [6.07, 6.45) is 3.60. The molecule has 1 amide bonds. The molecule has 184 valence electrons. The van der Waals surface area contributed by atoms with Crippen LogP contribution in [-0.2, 0) is 23.2 Å². The summed E-state index contributed by atoms with van der Waals surface area (Å²) in [5, 5.41) is 2.97. The van der Waals surface area contributed by atoms with Crippen molar-refractivity contribution < 1.29 is 27.5 Å². The molecular formula is C27H28F2N2O4. The number of halogens is 2. The van der Waals surface area contributed by atoms with Crippen LogP contribution in [0.25, 0.3) is 11.1 Å². The van der Waals surface area contributed by atoms with Crippen molar-refractivity contribution in [3.8, 4) is 16.9 Å². The third-order valence-corrected chi connectivity index (χ3v) is 6.53. The van der Waals surface area contributed by atoms with E-state index in [1.165, 1.54) is 24.5 Å². The number of nitrogens with zero attached hydrogens (tertiary/aromatic N) is 1. The standard InChI is InChI=1S/C27H28F2N2O4/c1-26(2,3)35-25(32)31-17-9-10-27(13-17)12-16-7-8-21(28)20(11-16)19-5-4-6-22(29)23(19)33-14-18-15-34-24(27)30-18/h4-8,11,15,17H,9-10,12-14H2,1-3H3,(H,31,32)/t17-,27+/m0/s1. The van der Waals surface area contributed by atoms with Gasteiger partial charge in [-0.25, -0.2) is 18.6 Å². The summed E-state index contributed by atoms with van der Waals surface area (Å²) in [5.74, 6) is -0.519. The quantitative estimate of drug-likeness (QED) is 0.456. The second-order valence-electron chi connectivity index (χ2n) is 10.4. The highest BCUT2D eigenvalue weighted by Crippen LogP contribution is 2.45. The first-order valence-corrected chi connectivity index (χ1v) is 11.8. The Balaban J connectivity index is 1.52. The summed E-state index contributed by atoms with van der Waals surface area (Å²) in [5.41, 5.74) is 0.899. The molecule has 0 radical (unpaired) electrons. The smallest absolute Gasteiger partial charge is 0.407 e. The van der Waals surface area contributed by atoms with E-state index in [1.807, 2.05) is 20.8 Å². The number of aromatic nitrogens is 1. The number of fused-ring (bicyclic) bond motifs is 7. The van der Waals surface area contributed by atoms with E-state index in [2.05, 4.69) is 10.3 Å². The molecule has 3 aromatic rings.